The SMILES string of the molecule is CO[C@H]1C[C@H](c2nc(C)no2)N(C(=O)[C@H](c2ccccc2)N(C)C)C1. The molecule has 2 aromatic rings. The summed E-state index contributed by atoms with van der Waals surface area (Å²) >= 11 is 0. The average molecular weight is 344 g/mol. The fraction of sp³-hybridized carbons (Fsp3) is 0.500. The minimum atomic E-state index is -0.372. The lowest BCUT2D eigenvalue weighted by atomic mass is 10.0. The number of rotatable bonds is 5. The smallest absolute Gasteiger partial charge is 0.249 e. The van der Waals surface area contributed by atoms with Crippen LogP contribution in [-0.4, -0.2) is 59.7 Å². The van der Waals surface area contributed by atoms with Gasteiger partial charge in [0.05, 0.1) is 6.10 Å². The molecule has 0 radical (unpaired) electrons. The molecule has 2 heterocycles. The summed E-state index contributed by atoms with van der Waals surface area (Å²) in [7, 11) is 5.48. The number of likely N-dealkylation sites (tertiary alicyclic amines) is 1. The molecule has 7 nitrogen and oxygen atoms in total. The second kappa shape index (κ2) is 7.33. The van der Waals surface area contributed by atoms with Gasteiger partial charge < -0.3 is 14.2 Å². The predicted octanol–water partition coefficient (Wildman–Crippen LogP) is 1.97. The Bertz CT molecular complexity index is 716. The van der Waals surface area contributed by atoms with Gasteiger partial charge in [-0.05, 0) is 26.6 Å². The Hall–Kier alpha value is -2.25. The molecule has 0 bridgehead atoms. The number of aromatic nitrogens is 2. The predicted molar refractivity (Wildman–Crippen MR) is 91.8 cm³/mol. The van der Waals surface area contributed by atoms with Crippen LogP contribution < -0.4 is 0 Å². The first-order valence-electron chi connectivity index (χ1n) is 8.36. The first-order chi connectivity index (χ1) is 12.0. The van der Waals surface area contributed by atoms with E-state index in [9.17, 15) is 4.79 Å². The van der Waals surface area contributed by atoms with Crippen molar-refractivity contribution in [2.45, 2.75) is 31.5 Å². The number of methoxy groups -OCH3 is 1. The van der Waals surface area contributed by atoms with E-state index in [1.165, 1.54) is 0 Å². The monoisotopic (exact) mass is 344 g/mol. The molecule has 7 heteroatoms. The van der Waals surface area contributed by atoms with E-state index in [0.29, 0.717) is 24.7 Å². The zero-order valence-corrected chi connectivity index (χ0v) is 15.0. The highest BCUT2D eigenvalue weighted by molar-refractivity contribution is 5.84. The van der Waals surface area contributed by atoms with Gasteiger partial charge in [-0.1, -0.05) is 35.5 Å². The topological polar surface area (TPSA) is 71.7 Å². The van der Waals surface area contributed by atoms with E-state index >= 15 is 0 Å². The van der Waals surface area contributed by atoms with Crippen LogP contribution in [0.15, 0.2) is 34.9 Å². The first kappa shape index (κ1) is 17.6. The van der Waals surface area contributed by atoms with Crippen molar-refractivity contribution >= 4 is 5.91 Å². The van der Waals surface area contributed by atoms with Gasteiger partial charge in [-0.15, -0.1) is 0 Å². The molecule has 1 aliphatic heterocycles. The third kappa shape index (κ3) is 3.57. The molecule has 134 valence electrons. The van der Waals surface area contributed by atoms with Gasteiger partial charge in [0.2, 0.25) is 11.8 Å². The van der Waals surface area contributed by atoms with Gasteiger partial charge in [0.25, 0.3) is 0 Å². The van der Waals surface area contributed by atoms with Gasteiger partial charge in [0.15, 0.2) is 5.82 Å². The molecule has 0 unspecified atom stereocenters. The maximum Gasteiger partial charge on any atom is 0.249 e. The second-order valence-electron chi connectivity index (χ2n) is 6.56. The van der Waals surface area contributed by atoms with Crippen LogP contribution in [0.1, 0.15) is 35.8 Å². The molecular weight excluding hydrogens is 320 g/mol. The van der Waals surface area contributed by atoms with Crippen molar-refractivity contribution in [1.29, 1.82) is 0 Å². The van der Waals surface area contributed by atoms with Crippen LogP contribution in [0.4, 0.5) is 0 Å². The summed E-state index contributed by atoms with van der Waals surface area (Å²) in [5.41, 5.74) is 0.957. The third-order valence-electron chi connectivity index (χ3n) is 4.57. The molecule has 0 saturated carbocycles. The van der Waals surface area contributed by atoms with E-state index in [0.717, 1.165) is 5.56 Å². The van der Waals surface area contributed by atoms with Crippen molar-refractivity contribution < 1.29 is 14.1 Å². The fourth-order valence-electron chi connectivity index (χ4n) is 3.35. The number of likely N-dealkylation sites (N-methyl/N-ethyl adjacent to an activating group) is 1. The summed E-state index contributed by atoms with van der Waals surface area (Å²) in [6, 6.07) is 9.14. The first-order valence-corrected chi connectivity index (χ1v) is 8.36. The number of benzene rings is 1. The van der Waals surface area contributed by atoms with Gasteiger partial charge in [0.1, 0.15) is 12.1 Å². The molecule has 1 aliphatic rings. The summed E-state index contributed by atoms with van der Waals surface area (Å²) in [5.74, 6) is 1.04. The Morgan fingerprint density at radius 1 is 1.36 bits per heavy atom. The van der Waals surface area contributed by atoms with E-state index < -0.39 is 0 Å². The molecule has 0 N–H and O–H groups in total. The van der Waals surface area contributed by atoms with Crippen molar-refractivity contribution in [3.05, 3.63) is 47.6 Å². The number of nitrogens with zero attached hydrogens (tertiary/aromatic N) is 4. The lowest BCUT2D eigenvalue weighted by molar-refractivity contribution is -0.138. The molecule has 1 aromatic carbocycles. The van der Waals surface area contributed by atoms with Gasteiger partial charge in [-0.2, -0.15) is 4.98 Å². The Balaban J connectivity index is 1.91. The van der Waals surface area contributed by atoms with Crippen LogP contribution in [0.5, 0.6) is 0 Å². The zero-order valence-electron chi connectivity index (χ0n) is 15.0. The fourth-order valence-corrected chi connectivity index (χ4v) is 3.35. The Morgan fingerprint density at radius 3 is 2.64 bits per heavy atom. The van der Waals surface area contributed by atoms with Crippen molar-refractivity contribution in [1.82, 2.24) is 19.9 Å². The van der Waals surface area contributed by atoms with E-state index in [-0.39, 0.29) is 24.1 Å². The highest BCUT2D eigenvalue weighted by Crippen LogP contribution is 2.35. The summed E-state index contributed by atoms with van der Waals surface area (Å²) in [6.07, 6.45) is 0.610. The molecule has 3 atom stereocenters. The minimum absolute atomic E-state index is 0.0107. The van der Waals surface area contributed by atoms with Gasteiger partial charge in [-0.3, -0.25) is 9.69 Å². The summed E-state index contributed by atoms with van der Waals surface area (Å²) in [6.45, 7) is 2.28. The van der Waals surface area contributed by atoms with Crippen molar-refractivity contribution in [2.75, 3.05) is 27.7 Å². The van der Waals surface area contributed by atoms with E-state index in [2.05, 4.69) is 10.1 Å². The third-order valence-corrected chi connectivity index (χ3v) is 4.57. The number of aryl methyl sites for hydroxylation is 1. The summed E-state index contributed by atoms with van der Waals surface area (Å²) in [4.78, 5) is 21.4. The largest absolute Gasteiger partial charge is 0.380 e. The van der Waals surface area contributed by atoms with E-state index in [1.807, 2.05) is 49.3 Å². The maximum atomic E-state index is 13.4. The Morgan fingerprint density at radius 2 is 2.08 bits per heavy atom. The van der Waals surface area contributed by atoms with Crippen LogP contribution in [0.2, 0.25) is 0 Å². The van der Waals surface area contributed by atoms with Crippen molar-refractivity contribution in [3.63, 3.8) is 0 Å². The number of carbonyl (C=O) groups excluding carboxylic acids is 1. The molecule has 1 aromatic heterocycles. The van der Waals surface area contributed by atoms with Crippen LogP contribution in [0.3, 0.4) is 0 Å². The maximum absolute atomic E-state index is 13.4. The zero-order chi connectivity index (χ0) is 18.0. The highest BCUT2D eigenvalue weighted by Gasteiger charge is 2.42. The second-order valence-corrected chi connectivity index (χ2v) is 6.56. The average Bonchev–Trinajstić information content (AvgIpc) is 3.21. The molecule has 0 aliphatic carbocycles. The van der Waals surface area contributed by atoms with Crippen LogP contribution in [-0.2, 0) is 9.53 Å². The quantitative estimate of drug-likeness (QED) is 0.826. The number of hydrogen-bond donors (Lipinski definition) is 0. The van der Waals surface area contributed by atoms with Crippen molar-refractivity contribution in [3.8, 4) is 0 Å². The van der Waals surface area contributed by atoms with Crippen LogP contribution >= 0.6 is 0 Å². The Labute approximate surface area is 147 Å². The van der Waals surface area contributed by atoms with Gasteiger partial charge in [0, 0.05) is 20.1 Å². The molecule has 1 amide bonds. The Kier molecular flexibility index (Phi) is 5.15. The number of carbonyl (C=O) groups is 1. The van der Waals surface area contributed by atoms with Crippen LogP contribution in [0, 0.1) is 6.92 Å². The molecule has 1 fully saturated rings. The highest BCUT2D eigenvalue weighted by atomic mass is 16.5. The molecule has 3 rings (SSSR count). The van der Waals surface area contributed by atoms with Crippen LogP contribution in [0.25, 0.3) is 0 Å². The lowest BCUT2D eigenvalue weighted by Crippen LogP contribution is -2.41. The molecular formula is C18H24N4O3. The minimum Gasteiger partial charge on any atom is -0.380 e. The van der Waals surface area contributed by atoms with Gasteiger partial charge >= 0.3 is 0 Å². The molecule has 0 spiro atoms. The number of amides is 1. The number of ether oxygens (including phenoxy) is 1. The van der Waals surface area contributed by atoms with E-state index in [4.69, 9.17) is 9.26 Å². The molecule has 1 saturated heterocycles. The lowest BCUT2D eigenvalue weighted by Gasteiger charge is -2.30. The van der Waals surface area contributed by atoms with E-state index in [1.54, 1.807) is 18.9 Å². The normalized spacial score (nSPS) is 21.7. The summed E-state index contributed by atoms with van der Waals surface area (Å²) in [5, 5.41) is 3.87. The van der Waals surface area contributed by atoms with Crippen molar-refractivity contribution in [2.24, 2.45) is 0 Å². The van der Waals surface area contributed by atoms with Gasteiger partial charge in [-0.25, -0.2) is 0 Å². The standard InChI is InChI=1S/C18H24N4O3/c1-12-19-17(25-20-12)15-10-14(24-4)11-22(15)18(23)16(21(2)3)13-8-6-5-7-9-13/h5-9,14-16H,10-11H2,1-4H3/t14-,15+,16-/m0/s1. The summed E-state index contributed by atoms with van der Waals surface area (Å²) < 4.78 is 10.8. The number of hydrogen-bond acceptors (Lipinski definition) is 6. The molecule has 25 heavy (non-hydrogen) atoms.